The van der Waals surface area contributed by atoms with Crippen molar-refractivity contribution in [3.8, 4) is 0 Å². The number of anilines is 1. The van der Waals surface area contributed by atoms with Gasteiger partial charge in [-0.25, -0.2) is 4.98 Å². The van der Waals surface area contributed by atoms with Gasteiger partial charge in [-0.05, 0) is 23.5 Å². The van der Waals surface area contributed by atoms with Gasteiger partial charge in [-0.1, -0.05) is 74.5 Å². The molecule has 0 amide bonds. The zero-order valence-electron chi connectivity index (χ0n) is 14.3. The van der Waals surface area contributed by atoms with Gasteiger partial charge in [0.1, 0.15) is 0 Å². The lowest BCUT2D eigenvalue weighted by Crippen LogP contribution is -2.09. The van der Waals surface area contributed by atoms with Crippen LogP contribution in [0.15, 0.2) is 60.7 Å². The second-order valence-corrected chi connectivity index (χ2v) is 7.18. The Morgan fingerprint density at radius 1 is 1.00 bits per heavy atom. The Labute approximate surface area is 148 Å². The molecule has 0 saturated carbocycles. The van der Waals surface area contributed by atoms with Gasteiger partial charge in [0.05, 0.1) is 5.69 Å². The van der Waals surface area contributed by atoms with Gasteiger partial charge in [0.25, 0.3) is 0 Å². The lowest BCUT2D eigenvalue weighted by atomic mass is 10.0. The van der Waals surface area contributed by atoms with Crippen LogP contribution in [0.1, 0.15) is 41.5 Å². The Hall–Kier alpha value is -2.13. The van der Waals surface area contributed by atoms with E-state index in [4.69, 9.17) is 4.98 Å². The Bertz CT molecular complexity index is 750. The van der Waals surface area contributed by atoms with Crippen molar-refractivity contribution < 1.29 is 0 Å². The predicted molar refractivity (Wildman–Crippen MR) is 104 cm³/mol. The normalized spacial score (nSPS) is 12.1. The fourth-order valence-corrected chi connectivity index (χ4v) is 3.89. The summed E-state index contributed by atoms with van der Waals surface area (Å²) in [5.74, 6) is 0.470. The Morgan fingerprint density at radius 2 is 1.67 bits per heavy atom. The second kappa shape index (κ2) is 8.11. The quantitative estimate of drug-likeness (QED) is 0.615. The fourth-order valence-electron chi connectivity index (χ4n) is 2.79. The molecule has 0 spiro atoms. The summed E-state index contributed by atoms with van der Waals surface area (Å²) in [6.45, 7) is 5.34. The lowest BCUT2D eigenvalue weighted by molar-refractivity contribution is 0.803. The summed E-state index contributed by atoms with van der Waals surface area (Å²) in [5.41, 5.74) is 3.93. The van der Waals surface area contributed by atoms with Crippen LogP contribution in [0.2, 0.25) is 0 Å². The highest BCUT2D eigenvalue weighted by molar-refractivity contribution is 7.15. The minimum Gasteiger partial charge on any atom is -0.361 e. The molecule has 2 aromatic carbocycles. The smallest absolute Gasteiger partial charge is 0.183 e. The number of nitrogens with one attached hydrogen (secondary N) is 1. The van der Waals surface area contributed by atoms with E-state index in [1.165, 1.54) is 21.7 Å². The molecule has 3 heteroatoms. The summed E-state index contributed by atoms with van der Waals surface area (Å²) in [5, 5.41) is 4.57. The molecule has 3 aromatic rings. The number of hydrogen-bond donors (Lipinski definition) is 1. The molecule has 1 heterocycles. The Morgan fingerprint density at radius 3 is 2.33 bits per heavy atom. The van der Waals surface area contributed by atoms with Crippen LogP contribution in [0.25, 0.3) is 0 Å². The first-order valence-corrected chi connectivity index (χ1v) is 9.39. The first kappa shape index (κ1) is 16.7. The molecule has 0 bridgehead atoms. The van der Waals surface area contributed by atoms with Gasteiger partial charge in [-0.2, -0.15) is 0 Å². The summed E-state index contributed by atoms with van der Waals surface area (Å²) in [4.78, 5) is 6.17. The van der Waals surface area contributed by atoms with Crippen molar-refractivity contribution in [1.82, 2.24) is 4.98 Å². The number of thiazole rings is 1. The maximum Gasteiger partial charge on any atom is 0.183 e. The van der Waals surface area contributed by atoms with E-state index in [1.807, 2.05) is 0 Å². The fraction of sp³-hybridized carbons (Fsp3) is 0.286. The zero-order chi connectivity index (χ0) is 16.8. The highest BCUT2D eigenvalue weighted by Crippen LogP contribution is 2.27. The number of rotatable bonds is 7. The van der Waals surface area contributed by atoms with Crippen molar-refractivity contribution in [2.45, 2.75) is 32.6 Å². The van der Waals surface area contributed by atoms with Crippen LogP contribution in [0.4, 0.5) is 5.13 Å². The maximum absolute atomic E-state index is 4.80. The largest absolute Gasteiger partial charge is 0.361 e. The average Bonchev–Trinajstić information content (AvgIpc) is 3.03. The first-order valence-electron chi connectivity index (χ1n) is 8.57. The van der Waals surface area contributed by atoms with Crippen LogP contribution in [0.3, 0.4) is 0 Å². The molecule has 3 rings (SSSR count). The van der Waals surface area contributed by atoms with E-state index in [0.29, 0.717) is 5.92 Å². The van der Waals surface area contributed by atoms with Gasteiger partial charge < -0.3 is 5.32 Å². The molecular weight excluding hydrogens is 312 g/mol. The number of nitrogens with zero attached hydrogens (tertiary/aromatic N) is 1. The summed E-state index contributed by atoms with van der Waals surface area (Å²) in [6.07, 6.45) is 1.95. The van der Waals surface area contributed by atoms with Crippen LogP contribution in [0, 0.1) is 0 Å². The highest BCUT2D eigenvalue weighted by Gasteiger charge is 2.12. The van der Waals surface area contributed by atoms with Crippen LogP contribution < -0.4 is 5.32 Å². The summed E-state index contributed by atoms with van der Waals surface area (Å²) in [6, 6.07) is 21.3. The van der Waals surface area contributed by atoms with Gasteiger partial charge >= 0.3 is 0 Å². The second-order valence-electron chi connectivity index (χ2n) is 6.10. The van der Waals surface area contributed by atoms with Crippen molar-refractivity contribution in [3.05, 3.63) is 82.4 Å². The van der Waals surface area contributed by atoms with Crippen molar-refractivity contribution in [3.63, 3.8) is 0 Å². The summed E-state index contributed by atoms with van der Waals surface area (Å²) in [7, 11) is 0. The van der Waals surface area contributed by atoms with Gasteiger partial charge in [0.15, 0.2) is 5.13 Å². The van der Waals surface area contributed by atoms with E-state index in [-0.39, 0.29) is 0 Å². The van der Waals surface area contributed by atoms with Crippen molar-refractivity contribution >= 4 is 16.5 Å². The minimum atomic E-state index is 0.470. The standard InChI is InChI=1S/C21H24N2S/c1-3-19-20(14-17-10-6-4-7-11-17)24-21(23-19)22-15-16(2)18-12-8-5-9-13-18/h4-13,16H,3,14-15H2,1-2H3,(H,22,23). The third kappa shape index (κ3) is 4.24. The van der Waals surface area contributed by atoms with E-state index in [9.17, 15) is 0 Å². The summed E-state index contributed by atoms with van der Waals surface area (Å²) < 4.78 is 0. The predicted octanol–water partition coefficient (Wildman–Crippen LogP) is 5.51. The molecule has 0 radical (unpaired) electrons. The minimum absolute atomic E-state index is 0.470. The molecular formula is C21H24N2S. The molecule has 0 aliphatic carbocycles. The number of benzene rings is 2. The van der Waals surface area contributed by atoms with Crippen LogP contribution in [0.5, 0.6) is 0 Å². The molecule has 2 nitrogen and oxygen atoms in total. The van der Waals surface area contributed by atoms with Crippen molar-refractivity contribution in [2.75, 3.05) is 11.9 Å². The van der Waals surface area contributed by atoms with Gasteiger partial charge in [0, 0.05) is 17.8 Å². The van der Waals surface area contributed by atoms with E-state index < -0.39 is 0 Å². The Kier molecular flexibility index (Phi) is 5.65. The average molecular weight is 337 g/mol. The van der Waals surface area contributed by atoms with E-state index in [1.54, 1.807) is 11.3 Å². The molecule has 0 saturated heterocycles. The molecule has 124 valence electrons. The van der Waals surface area contributed by atoms with Crippen LogP contribution >= 0.6 is 11.3 Å². The third-order valence-corrected chi connectivity index (χ3v) is 5.30. The van der Waals surface area contributed by atoms with Gasteiger partial charge in [-0.15, -0.1) is 11.3 Å². The molecule has 1 atom stereocenters. The number of aromatic nitrogens is 1. The van der Waals surface area contributed by atoms with Crippen LogP contribution in [-0.4, -0.2) is 11.5 Å². The Balaban J connectivity index is 1.66. The first-order chi connectivity index (χ1) is 11.8. The maximum atomic E-state index is 4.80. The monoisotopic (exact) mass is 336 g/mol. The van der Waals surface area contributed by atoms with E-state index >= 15 is 0 Å². The third-order valence-electron chi connectivity index (χ3n) is 4.25. The molecule has 0 aliphatic heterocycles. The molecule has 0 aliphatic rings. The number of aryl methyl sites for hydroxylation is 1. The number of hydrogen-bond acceptors (Lipinski definition) is 3. The van der Waals surface area contributed by atoms with Crippen molar-refractivity contribution in [2.24, 2.45) is 0 Å². The van der Waals surface area contributed by atoms with Crippen LogP contribution in [-0.2, 0) is 12.8 Å². The van der Waals surface area contributed by atoms with Gasteiger partial charge in [-0.3, -0.25) is 0 Å². The molecule has 1 unspecified atom stereocenters. The highest BCUT2D eigenvalue weighted by atomic mass is 32.1. The van der Waals surface area contributed by atoms with E-state index in [2.05, 4.69) is 79.8 Å². The molecule has 1 aromatic heterocycles. The zero-order valence-corrected chi connectivity index (χ0v) is 15.1. The topological polar surface area (TPSA) is 24.9 Å². The molecule has 24 heavy (non-hydrogen) atoms. The molecule has 0 fully saturated rings. The van der Waals surface area contributed by atoms with Gasteiger partial charge in [0.2, 0.25) is 0 Å². The SMILES string of the molecule is CCc1nc(NCC(C)c2ccccc2)sc1Cc1ccccc1. The summed E-state index contributed by atoms with van der Waals surface area (Å²) >= 11 is 1.79. The van der Waals surface area contributed by atoms with Crippen molar-refractivity contribution in [1.29, 1.82) is 0 Å². The lowest BCUT2D eigenvalue weighted by Gasteiger charge is -2.12. The van der Waals surface area contributed by atoms with E-state index in [0.717, 1.165) is 24.5 Å². The molecule has 1 N–H and O–H groups in total.